The molecule has 0 aromatic rings. The van der Waals surface area contributed by atoms with Gasteiger partial charge in [-0.1, -0.05) is 78.6 Å². The summed E-state index contributed by atoms with van der Waals surface area (Å²) < 4.78 is 0. The van der Waals surface area contributed by atoms with E-state index >= 15 is 0 Å². The van der Waals surface area contributed by atoms with Gasteiger partial charge in [0.05, 0.1) is 11.5 Å². The summed E-state index contributed by atoms with van der Waals surface area (Å²) in [5, 5.41) is 10.0. The molecule has 0 heterocycles. The first-order chi connectivity index (χ1) is 11.1. The highest BCUT2D eigenvalue weighted by Gasteiger charge is 2.39. The largest absolute Gasteiger partial charge is 0.198 e. The third-order valence-corrected chi connectivity index (χ3v) is 7.09. The van der Waals surface area contributed by atoms with E-state index in [0.29, 0.717) is 5.92 Å². The number of nitriles is 1. The lowest BCUT2D eigenvalue weighted by molar-refractivity contribution is 0.126. The lowest BCUT2D eigenvalue weighted by Crippen LogP contribution is -2.32. The maximum atomic E-state index is 10.0. The van der Waals surface area contributed by atoms with Gasteiger partial charge in [0.2, 0.25) is 0 Å². The van der Waals surface area contributed by atoms with Crippen LogP contribution < -0.4 is 0 Å². The van der Waals surface area contributed by atoms with Crippen LogP contribution in [0.25, 0.3) is 0 Å². The van der Waals surface area contributed by atoms with Crippen LogP contribution in [0.3, 0.4) is 0 Å². The van der Waals surface area contributed by atoms with Gasteiger partial charge in [0.15, 0.2) is 0 Å². The average Bonchev–Trinajstić information content (AvgIpc) is 2.56. The van der Waals surface area contributed by atoms with Crippen LogP contribution in [-0.4, -0.2) is 0 Å². The molecule has 1 heteroatoms. The Hall–Kier alpha value is -0.510. The van der Waals surface area contributed by atoms with Crippen molar-refractivity contribution in [3.05, 3.63) is 0 Å². The Labute approximate surface area is 145 Å². The first kappa shape index (κ1) is 18.8. The molecule has 132 valence electrons. The van der Waals surface area contributed by atoms with Crippen LogP contribution in [-0.2, 0) is 0 Å². The van der Waals surface area contributed by atoms with E-state index in [1.54, 1.807) is 0 Å². The fourth-order valence-electron chi connectivity index (χ4n) is 5.32. The van der Waals surface area contributed by atoms with Crippen LogP contribution in [0.1, 0.15) is 104 Å². The third-order valence-electron chi connectivity index (χ3n) is 7.09. The van der Waals surface area contributed by atoms with Crippen molar-refractivity contribution in [3.8, 4) is 6.07 Å². The molecule has 0 N–H and O–H groups in total. The van der Waals surface area contributed by atoms with E-state index < -0.39 is 0 Å². The Morgan fingerprint density at radius 2 is 1.43 bits per heavy atom. The highest BCUT2D eigenvalue weighted by Crippen LogP contribution is 2.46. The molecule has 1 unspecified atom stereocenters. The second-order valence-corrected chi connectivity index (χ2v) is 8.99. The Morgan fingerprint density at radius 3 is 1.96 bits per heavy atom. The van der Waals surface area contributed by atoms with Gasteiger partial charge in [-0.05, 0) is 49.4 Å². The molecule has 2 rings (SSSR count). The lowest BCUT2D eigenvalue weighted by Gasteiger charge is -2.39. The molecular formula is C22H39N. The molecule has 0 aliphatic heterocycles. The Morgan fingerprint density at radius 1 is 0.870 bits per heavy atom. The molecule has 2 aliphatic rings. The monoisotopic (exact) mass is 317 g/mol. The summed E-state index contributed by atoms with van der Waals surface area (Å²) in [6.45, 7) is 7.05. The van der Waals surface area contributed by atoms with Crippen molar-refractivity contribution >= 4 is 0 Å². The third kappa shape index (κ3) is 5.23. The lowest BCUT2D eigenvalue weighted by atomic mass is 9.63. The van der Waals surface area contributed by atoms with Gasteiger partial charge >= 0.3 is 0 Å². The van der Waals surface area contributed by atoms with Crippen molar-refractivity contribution in [2.75, 3.05) is 0 Å². The van der Waals surface area contributed by atoms with Crippen molar-refractivity contribution in [2.45, 2.75) is 104 Å². The molecule has 0 bridgehead atoms. The van der Waals surface area contributed by atoms with Gasteiger partial charge in [-0.3, -0.25) is 0 Å². The summed E-state index contributed by atoms with van der Waals surface area (Å²) in [6.07, 6.45) is 17.2. The fourth-order valence-corrected chi connectivity index (χ4v) is 5.32. The van der Waals surface area contributed by atoms with Crippen LogP contribution in [0.5, 0.6) is 0 Å². The van der Waals surface area contributed by atoms with Gasteiger partial charge in [-0.2, -0.15) is 5.26 Å². The van der Waals surface area contributed by atoms with Crippen molar-refractivity contribution in [2.24, 2.45) is 29.1 Å². The number of hydrogen-bond acceptors (Lipinski definition) is 1. The highest BCUT2D eigenvalue weighted by atomic mass is 14.5. The minimum Gasteiger partial charge on any atom is -0.198 e. The zero-order valence-electron chi connectivity index (χ0n) is 15.9. The molecule has 0 radical (unpaired) electrons. The normalized spacial score (nSPS) is 34.5. The van der Waals surface area contributed by atoms with Crippen molar-refractivity contribution in [1.29, 1.82) is 5.26 Å². The molecule has 0 aromatic carbocycles. The Bertz CT molecular complexity index is 366. The van der Waals surface area contributed by atoms with Gasteiger partial charge in [-0.15, -0.1) is 0 Å². The Balaban J connectivity index is 1.86. The topological polar surface area (TPSA) is 23.8 Å². The SMILES string of the molecule is CCCC(C#N)(CCCC1CCC(C)CC1)C1CCC(C)CC1. The summed E-state index contributed by atoms with van der Waals surface area (Å²) in [5.41, 5.74) is -0.00313. The van der Waals surface area contributed by atoms with Crippen molar-refractivity contribution in [1.82, 2.24) is 0 Å². The molecular weight excluding hydrogens is 278 g/mol. The predicted molar refractivity (Wildman–Crippen MR) is 99.0 cm³/mol. The highest BCUT2D eigenvalue weighted by molar-refractivity contribution is 5.03. The van der Waals surface area contributed by atoms with Crippen molar-refractivity contribution < 1.29 is 0 Å². The first-order valence-electron chi connectivity index (χ1n) is 10.5. The Kier molecular flexibility index (Phi) is 7.45. The first-order valence-corrected chi connectivity index (χ1v) is 10.5. The fraction of sp³-hybridized carbons (Fsp3) is 0.955. The van der Waals surface area contributed by atoms with Gasteiger partial charge in [0.1, 0.15) is 0 Å². The molecule has 2 aliphatic carbocycles. The standard InChI is InChI=1S/C22H39N/c1-4-15-22(17-23,21-13-9-19(3)10-14-21)16-5-6-20-11-7-18(2)8-12-20/h18-21H,4-16H2,1-3H3. The predicted octanol–water partition coefficient (Wildman–Crippen LogP) is 7.12. The van der Waals surface area contributed by atoms with Crippen LogP contribution in [0.15, 0.2) is 0 Å². The molecule has 1 nitrogen and oxygen atoms in total. The molecule has 0 aromatic heterocycles. The minimum atomic E-state index is -0.00313. The quantitative estimate of drug-likeness (QED) is 0.490. The summed E-state index contributed by atoms with van der Waals surface area (Å²) >= 11 is 0. The van der Waals surface area contributed by atoms with E-state index in [1.165, 1.54) is 77.0 Å². The van der Waals surface area contributed by atoms with Crippen molar-refractivity contribution in [3.63, 3.8) is 0 Å². The second-order valence-electron chi connectivity index (χ2n) is 8.99. The molecule has 1 atom stereocenters. The van der Waals surface area contributed by atoms with Gasteiger partial charge < -0.3 is 0 Å². The van der Waals surface area contributed by atoms with E-state index in [-0.39, 0.29) is 5.41 Å². The van der Waals surface area contributed by atoms with Crippen LogP contribution >= 0.6 is 0 Å². The van der Waals surface area contributed by atoms with E-state index in [0.717, 1.165) is 24.2 Å². The average molecular weight is 318 g/mol. The summed E-state index contributed by atoms with van der Waals surface area (Å²) in [5.74, 6) is 3.47. The molecule has 2 saturated carbocycles. The minimum absolute atomic E-state index is 0.00313. The zero-order chi connectivity index (χ0) is 16.7. The van der Waals surface area contributed by atoms with Crippen LogP contribution in [0, 0.1) is 40.4 Å². The van der Waals surface area contributed by atoms with Crippen LogP contribution in [0.4, 0.5) is 0 Å². The second kappa shape index (κ2) is 9.10. The molecule has 2 fully saturated rings. The summed E-state index contributed by atoms with van der Waals surface area (Å²) in [6, 6.07) is 2.85. The van der Waals surface area contributed by atoms with Gasteiger partial charge in [0, 0.05) is 0 Å². The smallest absolute Gasteiger partial charge is 0.0692 e. The van der Waals surface area contributed by atoms with E-state index in [2.05, 4.69) is 26.8 Å². The summed E-state index contributed by atoms with van der Waals surface area (Å²) in [7, 11) is 0. The number of rotatable bonds is 7. The molecule has 0 spiro atoms. The molecule has 0 amide bonds. The zero-order valence-corrected chi connectivity index (χ0v) is 15.9. The molecule has 23 heavy (non-hydrogen) atoms. The van der Waals surface area contributed by atoms with Crippen LogP contribution in [0.2, 0.25) is 0 Å². The number of nitrogens with zero attached hydrogens (tertiary/aromatic N) is 1. The van der Waals surface area contributed by atoms with E-state index in [4.69, 9.17) is 0 Å². The number of hydrogen-bond donors (Lipinski definition) is 0. The maximum Gasteiger partial charge on any atom is 0.0692 e. The van der Waals surface area contributed by atoms with E-state index in [9.17, 15) is 5.26 Å². The molecule has 0 saturated heterocycles. The maximum absolute atomic E-state index is 10.0. The summed E-state index contributed by atoms with van der Waals surface area (Å²) in [4.78, 5) is 0. The van der Waals surface area contributed by atoms with Gasteiger partial charge in [0.25, 0.3) is 0 Å². The van der Waals surface area contributed by atoms with E-state index in [1.807, 2.05) is 0 Å². The van der Waals surface area contributed by atoms with Gasteiger partial charge in [-0.25, -0.2) is 0 Å².